The zero-order chi connectivity index (χ0) is 13.7. The monoisotopic (exact) mass is 250 g/mol. The lowest BCUT2D eigenvalue weighted by Gasteiger charge is -2.17. The predicted octanol–water partition coefficient (Wildman–Crippen LogP) is 2.50. The molecular formula is C14H22N2O2. The molecule has 18 heavy (non-hydrogen) atoms. The SMILES string of the molecule is CCC(CO)NC(=O)Nc1c(C)cc(C)cc1C. The Kier molecular flexibility index (Phi) is 5.16. The van der Waals surface area contributed by atoms with Crippen molar-refractivity contribution in [3.05, 3.63) is 28.8 Å². The second-order valence-electron chi connectivity index (χ2n) is 4.66. The second-order valence-corrected chi connectivity index (χ2v) is 4.66. The number of aliphatic hydroxyl groups excluding tert-OH is 1. The van der Waals surface area contributed by atoms with Crippen LogP contribution in [0.25, 0.3) is 0 Å². The van der Waals surface area contributed by atoms with Crippen LogP contribution in [-0.4, -0.2) is 23.8 Å². The highest BCUT2D eigenvalue weighted by Crippen LogP contribution is 2.21. The first-order chi connectivity index (χ1) is 8.47. The molecule has 0 spiro atoms. The number of hydrogen-bond acceptors (Lipinski definition) is 2. The van der Waals surface area contributed by atoms with Gasteiger partial charge in [-0.05, 0) is 38.3 Å². The van der Waals surface area contributed by atoms with Crippen molar-refractivity contribution >= 4 is 11.7 Å². The number of hydrogen-bond donors (Lipinski definition) is 3. The Morgan fingerprint density at radius 2 is 1.83 bits per heavy atom. The van der Waals surface area contributed by atoms with E-state index < -0.39 is 0 Å². The molecule has 4 nitrogen and oxygen atoms in total. The van der Waals surface area contributed by atoms with Crippen molar-refractivity contribution in [3.63, 3.8) is 0 Å². The van der Waals surface area contributed by atoms with Gasteiger partial charge in [-0.3, -0.25) is 0 Å². The van der Waals surface area contributed by atoms with Gasteiger partial charge in [0.2, 0.25) is 0 Å². The van der Waals surface area contributed by atoms with E-state index in [1.807, 2.05) is 39.8 Å². The van der Waals surface area contributed by atoms with Crippen molar-refractivity contribution < 1.29 is 9.90 Å². The molecule has 1 aromatic rings. The lowest BCUT2D eigenvalue weighted by molar-refractivity contribution is 0.222. The minimum absolute atomic E-state index is 0.0459. The molecule has 100 valence electrons. The number of nitrogens with one attached hydrogen (secondary N) is 2. The Labute approximate surface area is 108 Å². The predicted molar refractivity (Wildman–Crippen MR) is 74.0 cm³/mol. The van der Waals surface area contributed by atoms with Crippen molar-refractivity contribution in [3.8, 4) is 0 Å². The quantitative estimate of drug-likeness (QED) is 0.769. The summed E-state index contributed by atoms with van der Waals surface area (Å²) in [5.74, 6) is 0. The third-order valence-corrected chi connectivity index (χ3v) is 2.96. The zero-order valence-electron chi connectivity index (χ0n) is 11.5. The fourth-order valence-electron chi connectivity index (χ4n) is 1.99. The van der Waals surface area contributed by atoms with Crippen LogP contribution in [0.1, 0.15) is 30.0 Å². The summed E-state index contributed by atoms with van der Waals surface area (Å²) in [7, 11) is 0. The number of carbonyl (C=O) groups excluding carboxylic acids is 1. The molecule has 2 amide bonds. The Hall–Kier alpha value is -1.55. The van der Waals surface area contributed by atoms with Crippen LogP contribution in [-0.2, 0) is 0 Å². The van der Waals surface area contributed by atoms with Crippen molar-refractivity contribution in [2.45, 2.75) is 40.2 Å². The first kappa shape index (κ1) is 14.5. The number of urea groups is 1. The summed E-state index contributed by atoms with van der Waals surface area (Å²) in [5, 5.41) is 14.6. The topological polar surface area (TPSA) is 61.4 Å². The maximum atomic E-state index is 11.8. The van der Waals surface area contributed by atoms with Crippen LogP contribution in [0.5, 0.6) is 0 Å². The van der Waals surface area contributed by atoms with Crippen molar-refractivity contribution in [2.75, 3.05) is 11.9 Å². The van der Waals surface area contributed by atoms with E-state index in [1.54, 1.807) is 0 Å². The highest BCUT2D eigenvalue weighted by atomic mass is 16.3. The first-order valence-corrected chi connectivity index (χ1v) is 6.24. The average molecular weight is 250 g/mol. The molecule has 3 N–H and O–H groups in total. The van der Waals surface area contributed by atoms with E-state index >= 15 is 0 Å². The molecule has 0 saturated heterocycles. The van der Waals surface area contributed by atoms with Crippen LogP contribution < -0.4 is 10.6 Å². The Morgan fingerprint density at radius 3 is 2.28 bits per heavy atom. The minimum atomic E-state index is -0.272. The molecule has 1 aromatic carbocycles. The number of aliphatic hydroxyl groups is 1. The molecule has 0 heterocycles. The molecule has 0 fully saturated rings. The third-order valence-electron chi connectivity index (χ3n) is 2.96. The van der Waals surface area contributed by atoms with E-state index in [0.29, 0.717) is 6.42 Å². The van der Waals surface area contributed by atoms with Gasteiger partial charge in [-0.1, -0.05) is 24.6 Å². The van der Waals surface area contributed by atoms with Crippen LogP contribution >= 0.6 is 0 Å². The number of benzene rings is 1. The fourth-order valence-corrected chi connectivity index (χ4v) is 1.99. The molecule has 0 aromatic heterocycles. The third kappa shape index (κ3) is 3.74. The molecule has 1 atom stereocenters. The van der Waals surface area contributed by atoms with Gasteiger partial charge in [-0.25, -0.2) is 4.79 Å². The summed E-state index contributed by atoms with van der Waals surface area (Å²) in [6.07, 6.45) is 0.704. The Balaban J connectivity index is 2.76. The lowest BCUT2D eigenvalue weighted by atomic mass is 10.1. The second kappa shape index (κ2) is 6.40. The standard InChI is InChI=1S/C14H22N2O2/c1-5-12(8-17)15-14(18)16-13-10(3)6-9(2)7-11(13)4/h6-7,12,17H,5,8H2,1-4H3,(H2,15,16,18). The van der Waals surface area contributed by atoms with Gasteiger partial charge in [-0.2, -0.15) is 0 Å². The number of amides is 2. The molecule has 1 rings (SSSR count). The van der Waals surface area contributed by atoms with Gasteiger partial charge in [0.1, 0.15) is 0 Å². The van der Waals surface area contributed by atoms with Crippen LogP contribution in [0, 0.1) is 20.8 Å². The van der Waals surface area contributed by atoms with E-state index in [-0.39, 0.29) is 18.7 Å². The minimum Gasteiger partial charge on any atom is -0.394 e. The van der Waals surface area contributed by atoms with Crippen LogP contribution in [0.15, 0.2) is 12.1 Å². The summed E-state index contributed by atoms with van der Waals surface area (Å²) in [6, 6.07) is 3.60. The Bertz CT molecular complexity index is 403. The molecule has 0 radical (unpaired) electrons. The molecule has 0 aliphatic carbocycles. The molecule has 4 heteroatoms. The molecule has 0 aliphatic rings. The van der Waals surface area contributed by atoms with Crippen molar-refractivity contribution in [1.29, 1.82) is 0 Å². The van der Waals surface area contributed by atoms with Gasteiger partial charge in [0.05, 0.1) is 12.6 Å². The first-order valence-electron chi connectivity index (χ1n) is 6.24. The smallest absolute Gasteiger partial charge is 0.319 e. The average Bonchev–Trinajstić information content (AvgIpc) is 2.30. The van der Waals surface area contributed by atoms with Gasteiger partial charge in [0.15, 0.2) is 0 Å². The summed E-state index contributed by atoms with van der Waals surface area (Å²) < 4.78 is 0. The summed E-state index contributed by atoms with van der Waals surface area (Å²) in [5.41, 5.74) is 4.10. The van der Waals surface area contributed by atoms with E-state index in [0.717, 1.165) is 16.8 Å². The van der Waals surface area contributed by atoms with Gasteiger partial charge in [-0.15, -0.1) is 0 Å². The van der Waals surface area contributed by atoms with Gasteiger partial charge < -0.3 is 15.7 Å². The van der Waals surface area contributed by atoms with Crippen LogP contribution in [0.4, 0.5) is 10.5 Å². The number of anilines is 1. The summed E-state index contributed by atoms with van der Waals surface area (Å²) >= 11 is 0. The lowest BCUT2D eigenvalue weighted by Crippen LogP contribution is -2.40. The number of carbonyl (C=O) groups is 1. The molecule has 1 unspecified atom stereocenters. The number of aryl methyl sites for hydroxylation is 3. The van der Waals surface area contributed by atoms with Crippen molar-refractivity contribution in [1.82, 2.24) is 5.32 Å². The number of rotatable bonds is 4. The van der Waals surface area contributed by atoms with E-state index in [1.165, 1.54) is 5.56 Å². The highest BCUT2D eigenvalue weighted by molar-refractivity contribution is 5.91. The van der Waals surface area contributed by atoms with Crippen LogP contribution in [0.3, 0.4) is 0 Å². The van der Waals surface area contributed by atoms with Gasteiger partial charge in [0.25, 0.3) is 0 Å². The maximum absolute atomic E-state index is 11.8. The molecule has 0 aliphatic heterocycles. The van der Waals surface area contributed by atoms with E-state index in [2.05, 4.69) is 10.6 Å². The Morgan fingerprint density at radius 1 is 1.28 bits per heavy atom. The van der Waals surface area contributed by atoms with E-state index in [9.17, 15) is 4.79 Å². The molecule has 0 bridgehead atoms. The van der Waals surface area contributed by atoms with Gasteiger partial charge in [0, 0.05) is 5.69 Å². The normalized spacial score (nSPS) is 12.1. The summed E-state index contributed by atoms with van der Waals surface area (Å²) in [6.45, 7) is 7.85. The molecular weight excluding hydrogens is 228 g/mol. The van der Waals surface area contributed by atoms with Gasteiger partial charge >= 0.3 is 6.03 Å². The molecule has 0 saturated carbocycles. The zero-order valence-corrected chi connectivity index (χ0v) is 11.5. The largest absolute Gasteiger partial charge is 0.394 e. The van der Waals surface area contributed by atoms with Crippen LogP contribution in [0.2, 0.25) is 0 Å². The highest BCUT2D eigenvalue weighted by Gasteiger charge is 2.11. The van der Waals surface area contributed by atoms with Crippen molar-refractivity contribution in [2.24, 2.45) is 0 Å². The fraction of sp³-hybridized carbons (Fsp3) is 0.500. The maximum Gasteiger partial charge on any atom is 0.319 e. The van der Waals surface area contributed by atoms with E-state index in [4.69, 9.17) is 5.11 Å². The summed E-state index contributed by atoms with van der Waals surface area (Å²) in [4.78, 5) is 11.8.